The molecule has 146 valence electrons. The lowest BCUT2D eigenvalue weighted by Crippen LogP contribution is -2.22. The van der Waals surface area contributed by atoms with Gasteiger partial charge in [-0.15, -0.1) is 10.2 Å². The van der Waals surface area contributed by atoms with E-state index in [1.807, 2.05) is 42.7 Å². The fourth-order valence-electron chi connectivity index (χ4n) is 3.17. The molecule has 0 spiro atoms. The summed E-state index contributed by atoms with van der Waals surface area (Å²) >= 11 is 1.27. The molecule has 0 atom stereocenters. The van der Waals surface area contributed by atoms with Crippen molar-refractivity contribution < 1.29 is 9.59 Å². The van der Waals surface area contributed by atoms with Gasteiger partial charge in [-0.1, -0.05) is 66.3 Å². The first kappa shape index (κ1) is 19.0. The second-order valence-electron chi connectivity index (χ2n) is 6.81. The third-order valence-corrected chi connectivity index (χ3v) is 5.69. The Kier molecular flexibility index (Phi) is 5.22. The molecule has 0 unspecified atom stereocenters. The van der Waals surface area contributed by atoms with Crippen LogP contribution < -0.4 is 5.32 Å². The average Bonchev–Trinajstić information content (AvgIpc) is 3.34. The molecule has 0 saturated heterocycles. The van der Waals surface area contributed by atoms with Gasteiger partial charge in [-0.25, -0.2) is 0 Å². The first-order valence-electron chi connectivity index (χ1n) is 9.36. The lowest BCUT2D eigenvalue weighted by molar-refractivity contribution is -0.112. The number of aryl methyl sites for hydroxylation is 2. The number of ketones is 1. The van der Waals surface area contributed by atoms with Crippen molar-refractivity contribution in [2.45, 2.75) is 26.8 Å². The molecule has 0 aliphatic carbocycles. The second-order valence-corrected chi connectivity index (χ2v) is 7.87. The first-order chi connectivity index (χ1) is 14.0. The topological polar surface area (TPSA) is 76.9 Å². The molecule has 0 fully saturated rings. The minimum absolute atomic E-state index is 0.337. The van der Waals surface area contributed by atoms with Gasteiger partial charge in [-0.3, -0.25) is 14.9 Å². The summed E-state index contributed by atoms with van der Waals surface area (Å²) in [6, 6.07) is 15.9. The van der Waals surface area contributed by atoms with Gasteiger partial charge in [0.25, 0.3) is 11.7 Å². The molecule has 4 aromatic rings. The molecule has 0 bridgehead atoms. The largest absolute Gasteiger partial charge is 0.342 e. The Balaban J connectivity index is 1.63. The number of rotatable bonds is 6. The number of aromatic nitrogens is 3. The number of benzene rings is 2. The highest BCUT2D eigenvalue weighted by molar-refractivity contribution is 7.15. The highest BCUT2D eigenvalue weighted by atomic mass is 32.1. The Hall–Kier alpha value is -3.32. The summed E-state index contributed by atoms with van der Waals surface area (Å²) in [5.41, 5.74) is 3.61. The summed E-state index contributed by atoms with van der Waals surface area (Å²) < 4.78 is 2.00. The number of hydrogen-bond donors (Lipinski definition) is 1. The molecule has 4 rings (SSSR count). The first-order valence-corrected chi connectivity index (χ1v) is 10.2. The smallest absolute Gasteiger partial charge is 0.298 e. The minimum Gasteiger partial charge on any atom is -0.342 e. The number of nitrogens with zero attached hydrogens (tertiary/aromatic N) is 3. The number of carbonyl (C=O) groups is 2. The van der Waals surface area contributed by atoms with Gasteiger partial charge in [0.1, 0.15) is 5.01 Å². The van der Waals surface area contributed by atoms with Crippen molar-refractivity contribution in [1.82, 2.24) is 14.8 Å². The molecule has 6 nitrogen and oxygen atoms in total. The number of Topliss-reactive ketones (excluding diaryl/α,β-unsaturated/α-hetero) is 1. The molecule has 29 heavy (non-hydrogen) atoms. The van der Waals surface area contributed by atoms with E-state index in [2.05, 4.69) is 39.8 Å². The van der Waals surface area contributed by atoms with Gasteiger partial charge in [0.2, 0.25) is 5.13 Å². The van der Waals surface area contributed by atoms with Gasteiger partial charge in [-0.2, -0.15) is 0 Å². The van der Waals surface area contributed by atoms with Gasteiger partial charge < -0.3 is 4.57 Å². The lowest BCUT2D eigenvalue weighted by Gasteiger charge is -2.06. The molecule has 1 N–H and O–H groups in total. The van der Waals surface area contributed by atoms with Crippen LogP contribution in [0.4, 0.5) is 5.13 Å². The van der Waals surface area contributed by atoms with Crippen LogP contribution in [0, 0.1) is 6.92 Å². The fraction of sp³-hybridized carbons (Fsp3) is 0.182. The van der Waals surface area contributed by atoms with E-state index >= 15 is 0 Å². The average molecular weight is 404 g/mol. The van der Waals surface area contributed by atoms with Crippen molar-refractivity contribution in [1.29, 1.82) is 0 Å². The Bertz CT molecular complexity index is 1190. The highest BCUT2D eigenvalue weighted by Gasteiger charge is 2.22. The van der Waals surface area contributed by atoms with Crippen LogP contribution in [0.25, 0.3) is 10.9 Å². The minimum atomic E-state index is -0.706. The van der Waals surface area contributed by atoms with E-state index in [0.29, 0.717) is 17.2 Å². The molecule has 0 aliphatic heterocycles. The Morgan fingerprint density at radius 3 is 2.55 bits per heavy atom. The Morgan fingerprint density at radius 1 is 1.07 bits per heavy atom. The predicted molar refractivity (Wildman–Crippen MR) is 114 cm³/mol. The van der Waals surface area contributed by atoms with Crippen molar-refractivity contribution in [2.24, 2.45) is 0 Å². The van der Waals surface area contributed by atoms with Crippen molar-refractivity contribution >= 4 is 39.1 Å². The highest BCUT2D eigenvalue weighted by Crippen LogP contribution is 2.24. The Labute approximate surface area is 172 Å². The zero-order valence-electron chi connectivity index (χ0n) is 16.2. The Morgan fingerprint density at radius 2 is 1.83 bits per heavy atom. The zero-order chi connectivity index (χ0) is 20.4. The van der Waals surface area contributed by atoms with Crippen LogP contribution in [-0.2, 0) is 17.8 Å². The normalized spacial score (nSPS) is 11.0. The molecule has 2 aromatic carbocycles. The second kappa shape index (κ2) is 7.97. The molecule has 0 radical (unpaired) electrons. The monoisotopic (exact) mass is 404 g/mol. The van der Waals surface area contributed by atoms with Crippen LogP contribution in [-0.4, -0.2) is 26.5 Å². The van der Waals surface area contributed by atoms with Gasteiger partial charge in [-0.05, 0) is 25.0 Å². The molecule has 2 aromatic heterocycles. The van der Waals surface area contributed by atoms with Crippen molar-refractivity contribution in [3.8, 4) is 0 Å². The molecular weight excluding hydrogens is 384 g/mol. The quantitative estimate of drug-likeness (QED) is 0.385. The molecule has 2 heterocycles. The maximum atomic E-state index is 12.9. The summed E-state index contributed by atoms with van der Waals surface area (Å²) in [5, 5.41) is 12.4. The lowest BCUT2D eigenvalue weighted by atomic mass is 10.1. The van der Waals surface area contributed by atoms with Crippen LogP contribution in [0.2, 0.25) is 0 Å². The number of anilines is 1. The SMILES string of the molecule is CCc1nnc(NC(=O)C(=O)c2cn(Cc3ccc(C)cc3)c3ccccc23)s1. The fourth-order valence-corrected chi connectivity index (χ4v) is 3.85. The third-order valence-electron chi connectivity index (χ3n) is 4.70. The maximum Gasteiger partial charge on any atom is 0.298 e. The van der Waals surface area contributed by atoms with E-state index in [1.54, 1.807) is 6.20 Å². The zero-order valence-corrected chi connectivity index (χ0v) is 17.0. The number of amides is 1. The van der Waals surface area contributed by atoms with Crippen LogP contribution in [0.1, 0.15) is 33.4 Å². The van der Waals surface area contributed by atoms with Crippen molar-refractivity contribution in [3.63, 3.8) is 0 Å². The number of nitrogens with one attached hydrogen (secondary N) is 1. The van der Waals surface area contributed by atoms with E-state index in [1.165, 1.54) is 16.9 Å². The molecule has 7 heteroatoms. The number of hydrogen-bond acceptors (Lipinski definition) is 5. The van der Waals surface area contributed by atoms with Gasteiger partial charge in [0.05, 0.1) is 5.56 Å². The summed E-state index contributed by atoms with van der Waals surface area (Å²) in [6.07, 6.45) is 2.48. The number of carbonyl (C=O) groups excluding carboxylic acids is 2. The van der Waals surface area contributed by atoms with Gasteiger partial charge in [0.15, 0.2) is 0 Å². The third kappa shape index (κ3) is 3.95. The van der Waals surface area contributed by atoms with Crippen LogP contribution in [0.15, 0.2) is 54.7 Å². The van der Waals surface area contributed by atoms with Crippen molar-refractivity contribution in [2.75, 3.05) is 5.32 Å². The predicted octanol–water partition coefficient (Wildman–Crippen LogP) is 4.23. The number of fused-ring (bicyclic) bond motifs is 1. The van der Waals surface area contributed by atoms with E-state index in [0.717, 1.165) is 27.9 Å². The number of para-hydroxylation sites is 1. The summed E-state index contributed by atoms with van der Waals surface area (Å²) in [6.45, 7) is 4.62. The molecule has 1 amide bonds. The van der Waals surface area contributed by atoms with E-state index in [9.17, 15) is 9.59 Å². The van der Waals surface area contributed by atoms with Crippen LogP contribution in [0.5, 0.6) is 0 Å². The van der Waals surface area contributed by atoms with Gasteiger partial charge in [0, 0.05) is 23.6 Å². The standard InChI is InChI=1S/C22H20N4O2S/c1-3-19-24-25-22(29-19)23-21(28)20(27)17-13-26(18-7-5-4-6-16(17)18)12-15-10-8-14(2)9-11-15/h4-11,13H,3,12H2,1-2H3,(H,23,25,28). The summed E-state index contributed by atoms with van der Waals surface area (Å²) in [7, 11) is 0. The van der Waals surface area contributed by atoms with E-state index in [4.69, 9.17) is 0 Å². The van der Waals surface area contributed by atoms with Crippen LogP contribution >= 0.6 is 11.3 Å². The molecular formula is C22H20N4O2S. The van der Waals surface area contributed by atoms with Gasteiger partial charge >= 0.3 is 0 Å². The molecule has 0 aliphatic rings. The van der Waals surface area contributed by atoms with Crippen LogP contribution in [0.3, 0.4) is 0 Å². The van der Waals surface area contributed by atoms with E-state index < -0.39 is 11.7 Å². The molecule has 0 saturated carbocycles. The van der Waals surface area contributed by atoms with E-state index in [-0.39, 0.29) is 0 Å². The van der Waals surface area contributed by atoms with Crippen molar-refractivity contribution in [3.05, 3.63) is 76.4 Å². The maximum absolute atomic E-state index is 12.9. The summed E-state index contributed by atoms with van der Waals surface area (Å²) in [5.74, 6) is -1.29. The summed E-state index contributed by atoms with van der Waals surface area (Å²) in [4.78, 5) is 25.4.